The lowest BCUT2D eigenvalue weighted by molar-refractivity contribution is 0.899. The number of benzene rings is 1. The number of hydrogen-bond donors (Lipinski definition) is 1. The minimum Gasteiger partial charge on any atom is -0.384 e. The summed E-state index contributed by atoms with van der Waals surface area (Å²) in [5.41, 5.74) is 6.80. The molecular formula is C13H14ClN3. The highest BCUT2D eigenvalue weighted by molar-refractivity contribution is 6.30. The highest BCUT2D eigenvalue weighted by Crippen LogP contribution is 2.16. The van der Waals surface area contributed by atoms with Crippen LogP contribution in [0.3, 0.4) is 0 Å². The number of aromatic nitrogens is 1. The van der Waals surface area contributed by atoms with E-state index in [9.17, 15) is 0 Å². The van der Waals surface area contributed by atoms with E-state index in [1.165, 1.54) is 0 Å². The largest absolute Gasteiger partial charge is 0.384 e. The van der Waals surface area contributed by atoms with Crippen LogP contribution in [0.4, 0.5) is 11.6 Å². The molecule has 3 nitrogen and oxygen atoms in total. The Hall–Kier alpha value is -1.74. The molecular weight excluding hydrogens is 234 g/mol. The molecule has 1 heterocycles. The number of anilines is 2. The van der Waals surface area contributed by atoms with Crippen molar-refractivity contribution in [3.05, 3.63) is 53.1 Å². The molecule has 0 fully saturated rings. The molecule has 0 saturated heterocycles. The van der Waals surface area contributed by atoms with Crippen molar-refractivity contribution >= 4 is 23.2 Å². The van der Waals surface area contributed by atoms with E-state index in [2.05, 4.69) is 4.98 Å². The van der Waals surface area contributed by atoms with Crippen LogP contribution in [0.2, 0.25) is 5.02 Å². The summed E-state index contributed by atoms with van der Waals surface area (Å²) in [4.78, 5) is 6.29. The van der Waals surface area contributed by atoms with E-state index in [4.69, 9.17) is 17.3 Å². The van der Waals surface area contributed by atoms with E-state index < -0.39 is 0 Å². The fourth-order valence-corrected chi connectivity index (χ4v) is 1.86. The highest BCUT2D eigenvalue weighted by atomic mass is 35.5. The van der Waals surface area contributed by atoms with Gasteiger partial charge in [0.25, 0.3) is 0 Å². The zero-order chi connectivity index (χ0) is 12.3. The molecule has 2 aromatic rings. The zero-order valence-corrected chi connectivity index (χ0v) is 10.4. The van der Waals surface area contributed by atoms with Crippen molar-refractivity contribution in [2.75, 3.05) is 17.7 Å². The van der Waals surface area contributed by atoms with Gasteiger partial charge < -0.3 is 10.6 Å². The van der Waals surface area contributed by atoms with Crippen molar-refractivity contribution in [2.45, 2.75) is 6.54 Å². The Morgan fingerprint density at radius 3 is 2.71 bits per heavy atom. The Morgan fingerprint density at radius 2 is 2.00 bits per heavy atom. The Bertz CT molecular complexity index is 514. The monoisotopic (exact) mass is 247 g/mol. The van der Waals surface area contributed by atoms with E-state index in [0.29, 0.717) is 5.82 Å². The lowest BCUT2D eigenvalue weighted by atomic mass is 10.2. The molecule has 0 atom stereocenters. The molecule has 0 aliphatic heterocycles. The summed E-state index contributed by atoms with van der Waals surface area (Å²) in [6, 6.07) is 13.4. The van der Waals surface area contributed by atoms with Crippen LogP contribution in [-0.4, -0.2) is 12.0 Å². The molecule has 0 radical (unpaired) electrons. The molecule has 17 heavy (non-hydrogen) atoms. The number of nitrogens with zero attached hydrogens (tertiary/aromatic N) is 2. The van der Waals surface area contributed by atoms with Crippen LogP contribution in [0.5, 0.6) is 0 Å². The second-order valence-electron chi connectivity index (χ2n) is 3.91. The SMILES string of the molecule is CN(Cc1cccc(Cl)c1)c1cccc(N)n1. The molecule has 2 N–H and O–H groups in total. The maximum absolute atomic E-state index is 5.95. The van der Waals surface area contributed by atoms with Crippen LogP contribution in [0.1, 0.15) is 5.56 Å². The van der Waals surface area contributed by atoms with Crippen LogP contribution in [0.15, 0.2) is 42.5 Å². The highest BCUT2D eigenvalue weighted by Gasteiger charge is 2.04. The van der Waals surface area contributed by atoms with Gasteiger partial charge in [0.1, 0.15) is 11.6 Å². The topological polar surface area (TPSA) is 42.1 Å². The van der Waals surface area contributed by atoms with Gasteiger partial charge in [-0.2, -0.15) is 0 Å². The predicted octanol–water partition coefficient (Wildman–Crippen LogP) is 2.95. The van der Waals surface area contributed by atoms with Gasteiger partial charge in [0, 0.05) is 18.6 Å². The molecule has 2 rings (SSSR count). The van der Waals surface area contributed by atoms with Crippen molar-refractivity contribution in [1.29, 1.82) is 0 Å². The van der Waals surface area contributed by atoms with Gasteiger partial charge in [0.15, 0.2) is 0 Å². The summed E-state index contributed by atoms with van der Waals surface area (Å²) in [6.07, 6.45) is 0. The molecule has 0 unspecified atom stereocenters. The van der Waals surface area contributed by atoms with Gasteiger partial charge in [-0.25, -0.2) is 4.98 Å². The van der Waals surface area contributed by atoms with Crippen LogP contribution in [-0.2, 0) is 6.54 Å². The molecule has 0 bridgehead atoms. The normalized spacial score (nSPS) is 10.2. The lowest BCUT2D eigenvalue weighted by Gasteiger charge is -2.18. The van der Waals surface area contributed by atoms with E-state index in [1.807, 2.05) is 48.3 Å². The number of pyridine rings is 1. The summed E-state index contributed by atoms with van der Waals surface area (Å²) in [5, 5.41) is 0.747. The van der Waals surface area contributed by atoms with Gasteiger partial charge in [-0.05, 0) is 29.8 Å². The maximum Gasteiger partial charge on any atom is 0.130 e. The number of nitrogens with two attached hydrogens (primary N) is 1. The molecule has 0 aliphatic rings. The molecule has 0 aliphatic carbocycles. The fourth-order valence-electron chi connectivity index (χ4n) is 1.64. The number of rotatable bonds is 3. The zero-order valence-electron chi connectivity index (χ0n) is 9.60. The third-order valence-electron chi connectivity index (χ3n) is 2.46. The minimum absolute atomic E-state index is 0.528. The Morgan fingerprint density at radius 1 is 1.24 bits per heavy atom. The summed E-state index contributed by atoms with van der Waals surface area (Å²) in [6.45, 7) is 0.747. The van der Waals surface area contributed by atoms with Crippen LogP contribution in [0, 0.1) is 0 Å². The molecule has 88 valence electrons. The number of hydrogen-bond acceptors (Lipinski definition) is 3. The first-order valence-electron chi connectivity index (χ1n) is 5.33. The van der Waals surface area contributed by atoms with Crippen LogP contribution in [0.25, 0.3) is 0 Å². The Labute approximate surface area is 106 Å². The lowest BCUT2D eigenvalue weighted by Crippen LogP contribution is -2.17. The van der Waals surface area contributed by atoms with Crippen molar-refractivity contribution in [2.24, 2.45) is 0 Å². The van der Waals surface area contributed by atoms with Crippen LogP contribution < -0.4 is 10.6 Å². The van der Waals surface area contributed by atoms with Gasteiger partial charge in [0.05, 0.1) is 0 Å². The second kappa shape index (κ2) is 5.06. The second-order valence-corrected chi connectivity index (χ2v) is 4.34. The first kappa shape index (κ1) is 11.7. The Kier molecular flexibility index (Phi) is 3.49. The first-order chi connectivity index (χ1) is 8.15. The quantitative estimate of drug-likeness (QED) is 0.907. The fraction of sp³-hybridized carbons (Fsp3) is 0.154. The van der Waals surface area contributed by atoms with E-state index >= 15 is 0 Å². The smallest absolute Gasteiger partial charge is 0.130 e. The van der Waals surface area contributed by atoms with Gasteiger partial charge in [-0.3, -0.25) is 0 Å². The molecule has 1 aromatic carbocycles. The third kappa shape index (κ3) is 3.11. The molecule has 0 saturated carbocycles. The number of halogens is 1. The summed E-state index contributed by atoms with van der Waals surface area (Å²) in [7, 11) is 1.97. The summed E-state index contributed by atoms with van der Waals surface area (Å²) < 4.78 is 0. The van der Waals surface area contributed by atoms with Crippen LogP contribution >= 0.6 is 11.6 Å². The summed E-state index contributed by atoms with van der Waals surface area (Å²) in [5.74, 6) is 1.38. The average Bonchev–Trinajstić information content (AvgIpc) is 2.29. The van der Waals surface area contributed by atoms with E-state index in [1.54, 1.807) is 6.07 Å². The van der Waals surface area contributed by atoms with E-state index in [-0.39, 0.29) is 0 Å². The number of nitrogen functional groups attached to an aromatic ring is 1. The third-order valence-corrected chi connectivity index (χ3v) is 2.69. The van der Waals surface area contributed by atoms with Crippen molar-refractivity contribution < 1.29 is 0 Å². The predicted molar refractivity (Wildman–Crippen MR) is 72.2 cm³/mol. The molecule has 0 amide bonds. The van der Waals surface area contributed by atoms with Gasteiger partial charge in [-0.1, -0.05) is 29.8 Å². The first-order valence-corrected chi connectivity index (χ1v) is 5.71. The van der Waals surface area contributed by atoms with Gasteiger partial charge in [0.2, 0.25) is 0 Å². The molecule has 1 aromatic heterocycles. The minimum atomic E-state index is 0.528. The van der Waals surface area contributed by atoms with Crippen molar-refractivity contribution in [3.63, 3.8) is 0 Å². The summed E-state index contributed by atoms with van der Waals surface area (Å²) >= 11 is 5.95. The average molecular weight is 248 g/mol. The van der Waals surface area contributed by atoms with E-state index in [0.717, 1.165) is 22.9 Å². The molecule has 4 heteroatoms. The van der Waals surface area contributed by atoms with Crippen molar-refractivity contribution in [1.82, 2.24) is 4.98 Å². The van der Waals surface area contributed by atoms with Gasteiger partial charge in [-0.15, -0.1) is 0 Å². The Balaban J connectivity index is 2.14. The molecule has 0 spiro atoms. The van der Waals surface area contributed by atoms with Gasteiger partial charge >= 0.3 is 0 Å². The standard InChI is InChI=1S/C13H14ClN3/c1-17(13-7-3-6-12(15)16-13)9-10-4-2-5-11(14)8-10/h2-8H,9H2,1H3,(H2,15,16). The maximum atomic E-state index is 5.95. The van der Waals surface area contributed by atoms with Crippen molar-refractivity contribution in [3.8, 4) is 0 Å².